The number of aromatic nitrogens is 2. The van der Waals surface area contributed by atoms with E-state index in [-0.39, 0.29) is 16.4 Å². The van der Waals surface area contributed by atoms with Crippen LogP contribution < -0.4 is 5.32 Å². The summed E-state index contributed by atoms with van der Waals surface area (Å²) in [5.41, 5.74) is 0.527. The molecule has 0 saturated heterocycles. The summed E-state index contributed by atoms with van der Waals surface area (Å²) in [6.07, 6.45) is 1.40. The molecule has 0 aliphatic heterocycles. The molecule has 1 heterocycles. The number of methoxy groups -OCH3 is 1. The average molecular weight is 308 g/mol. The molecule has 7 nitrogen and oxygen atoms in total. The van der Waals surface area contributed by atoms with Crippen LogP contribution in [-0.4, -0.2) is 34.1 Å². The first-order chi connectivity index (χ1) is 10.0. The van der Waals surface area contributed by atoms with Gasteiger partial charge in [-0.1, -0.05) is 11.6 Å². The predicted molar refractivity (Wildman–Crippen MR) is 75.1 cm³/mol. The Bertz CT molecular complexity index is 706. The van der Waals surface area contributed by atoms with Crippen LogP contribution in [0.1, 0.15) is 21.0 Å². The molecule has 21 heavy (non-hydrogen) atoms. The van der Waals surface area contributed by atoms with Gasteiger partial charge in [-0.2, -0.15) is 0 Å². The molecule has 0 saturated carbocycles. The standard InChI is InChI=1S/C13H10ClN3O4/c1-21-13(20)11-15-5-4-10(17-11)16-7-2-3-8(12(18)19)9(14)6-7/h2-6H,1H3,(H,18,19)(H,15,16,17). The maximum absolute atomic E-state index is 11.3. The van der Waals surface area contributed by atoms with E-state index >= 15 is 0 Å². The smallest absolute Gasteiger partial charge is 0.376 e. The molecule has 2 aromatic rings. The topological polar surface area (TPSA) is 101 Å². The summed E-state index contributed by atoms with van der Waals surface area (Å²) in [7, 11) is 1.23. The maximum Gasteiger partial charge on any atom is 0.376 e. The molecule has 0 amide bonds. The summed E-state index contributed by atoms with van der Waals surface area (Å²) in [6, 6.07) is 5.90. The van der Waals surface area contributed by atoms with E-state index in [4.69, 9.17) is 16.7 Å². The second kappa shape index (κ2) is 6.19. The second-order valence-corrected chi connectivity index (χ2v) is 4.29. The molecule has 2 rings (SSSR count). The van der Waals surface area contributed by atoms with E-state index < -0.39 is 11.9 Å². The predicted octanol–water partition coefficient (Wildman–Crippen LogP) is 2.36. The fourth-order valence-corrected chi connectivity index (χ4v) is 1.79. The maximum atomic E-state index is 11.3. The van der Waals surface area contributed by atoms with E-state index in [1.807, 2.05) is 0 Å². The number of halogens is 1. The van der Waals surface area contributed by atoms with E-state index in [1.165, 1.54) is 31.5 Å². The van der Waals surface area contributed by atoms with Gasteiger partial charge in [-0.15, -0.1) is 0 Å². The number of anilines is 2. The lowest BCUT2D eigenvalue weighted by molar-refractivity contribution is 0.0586. The summed E-state index contributed by atoms with van der Waals surface area (Å²) in [6.45, 7) is 0. The molecule has 0 radical (unpaired) electrons. The number of ether oxygens (including phenoxy) is 1. The minimum Gasteiger partial charge on any atom is -0.478 e. The Labute approximate surface area is 124 Å². The van der Waals surface area contributed by atoms with E-state index in [0.717, 1.165) is 0 Å². The van der Waals surface area contributed by atoms with Crippen LogP contribution in [0.15, 0.2) is 30.5 Å². The zero-order valence-electron chi connectivity index (χ0n) is 10.8. The van der Waals surface area contributed by atoms with Crippen molar-refractivity contribution < 1.29 is 19.4 Å². The third kappa shape index (κ3) is 3.46. The summed E-state index contributed by atoms with van der Waals surface area (Å²) in [5, 5.41) is 11.9. The molecule has 0 aliphatic rings. The Morgan fingerprint density at radius 2 is 2.10 bits per heavy atom. The average Bonchev–Trinajstić information content (AvgIpc) is 2.46. The van der Waals surface area contributed by atoms with Gasteiger partial charge in [0.1, 0.15) is 5.82 Å². The number of benzene rings is 1. The highest BCUT2D eigenvalue weighted by Gasteiger charge is 2.11. The van der Waals surface area contributed by atoms with Crippen LogP contribution in [0.4, 0.5) is 11.5 Å². The zero-order chi connectivity index (χ0) is 15.4. The fraction of sp³-hybridized carbons (Fsp3) is 0.0769. The van der Waals surface area contributed by atoms with Gasteiger partial charge in [0.05, 0.1) is 17.7 Å². The van der Waals surface area contributed by atoms with Gasteiger partial charge in [0.15, 0.2) is 0 Å². The first kappa shape index (κ1) is 14.7. The lowest BCUT2D eigenvalue weighted by Crippen LogP contribution is -2.08. The molecule has 0 bridgehead atoms. The largest absolute Gasteiger partial charge is 0.478 e. The van der Waals surface area contributed by atoms with Gasteiger partial charge < -0.3 is 15.2 Å². The molecule has 8 heteroatoms. The van der Waals surface area contributed by atoms with Gasteiger partial charge in [0.25, 0.3) is 0 Å². The van der Waals surface area contributed by atoms with Crippen LogP contribution in [0.3, 0.4) is 0 Å². The van der Waals surface area contributed by atoms with Crippen molar-refractivity contribution in [3.05, 3.63) is 46.9 Å². The third-order valence-corrected chi connectivity index (χ3v) is 2.81. The number of hydrogen-bond donors (Lipinski definition) is 2. The lowest BCUT2D eigenvalue weighted by Gasteiger charge is -2.07. The van der Waals surface area contributed by atoms with Crippen LogP contribution in [0.25, 0.3) is 0 Å². The van der Waals surface area contributed by atoms with Gasteiger partial charge in [0, 0.05) is 11.9 Å². The van der Waals surface area contributed by atoms with Crippen molar-refractivity contribution in [2.75, 3.05) is 12.4 Å². The van der Waals surface area contributed by atoms with Crippen LogP contribution in [0.5, 0.6) is 0 Å². The molecule has 0 aliphatic carbocycles. The van der Waals surface area contributed by atoms with E-state index in [1.54, 1.807) is 6.07 Å². The van der Waals surface area contributed by atoms with Gasteiger partial charge in [-0.25, -0.2) is 19.6 Å². The van der Waals surface area contributed by atoms with Crippen molar-refractivity contribution in [2.45, 2.75) is 0 Å². The number of rotatable bonds is 4. The van der Waals surface area contributed by atoms with Crippen molar-refractivity contribution >= 4 is 35.0 Å². The quantitative estimate of drug-likeness (QED) is 0.836. The van der Waals surface area contributed by atoms with Crippen LogP contribution >= 0.6 is 11.6 Å². The number of nitrogens with one attached hydrogen (secondary N) is 1. The number of carbonyl (C=O) groups excluding carboxylic acids is 1. The third-order valence-electron chi connectivity index (χ3n) is 2.50. The fourth-order valence-electron chi connectivity index (χ4n) is 1.53. The van der Waals surface area contributed by atoms with Crippen molar-refractivity contribution in [1.29, 1.82) is 0 Å². The van der Waals surface area contributed by atoms with E-state index in [9.17, 15) is 9.59 Å². The molecule has 108 valence electrons. The lowest BCUT2D eigenvalue weighted by atomic mass is 10.2. The van der Waals surface area contributed by atoms with Crippen molar-refractivity contribution in [3.63, 3.8) is 0 Å². The minimum atomic E-state index is -1.11. The SMILES string of the molecule is COC(=O)c1nccc(Nc2ccc(C(=O)O)c(Cl)c2)n1. The van der Waals surface area contributed by atoms with Crippen LogP contribution in [-0.2, 0) is 4.74 Å². The zero-order valence-corrected chi connectivity index (χ0v) is 11.6. The van der Waals surface area contributed by atoms with Crippen molar-refractivity contribution in [3.8, 4) is 0 Å². The van der Waals surface area contributed by atoms with Gasteiger partial charge >= 0.3 is 11.9 Å². The van der Waals surface area contributed by atoms with Gasteiger partial charge in [0.2, 0.25) is 5.82 Å². The van der Waals surface area contributed by atoms with Crippen molar-refractivity contribution in [1.82, 2.24) is 9.97 Å². The summed E-state index contributed by atoms with van der Waals surface area (Å²) in [4.78, 5) is 29.9. The molecule has 1 aromatic carbocycles. The molecule has 0 unspecified atom stereocenters. The number of carboxylic acid groups (broad SMARTS) is 1. The van der Waals surface area contributed by atoms with E-state index in [0.29, 0.717) is 11.5 Å². The Balaban J connectivity index is 2.24. The minimum absolute atomic E-state index is 0.000143. The van der Waals surface area contributed by atoms with E-state index in [2.05, 4.69) is 20.0 Å². The number of nitrogens with zero attached hydrogens (tertiary/aromatic N) is 2. The Morgan fingerprint density at radius 3 is 2.71 bits per heavy atom. The van der Waals surface area contributed by atoms with Crippen LogP contribution in [0.2, 0.25) is 5.02 Å². The number of carbonyl (C=O) groups is 2. The number of hydrogen-bond acceptors (Lipinski definition) is 6. The molecule has 0 spiro atoms. The molecular weight excluding hydrogens is 298 g/mol. The number of esters is 1. The first-order valence-corrected chi connectivity index (χ1v) is 6.10. The monoisotopic (exact) mass is 307 g/mol. The molecule has 0 atom stereocenters. The summed E-state index contributed by atoms with van der Waals surface area (Å²) >= 11 is 5.87. The number of carboxylic acids is 1. The molecular formula is C13H10ClN3O4. The molecule has 0 fully saturated rings. The summed E-state index contributed by atoms with van der Waals surface area (Å²) in [5.74, 6) is -1.50. The highest BCUT2D eigenvalue weighted by atomic mass is 35.5. The van der Waals surface area contributed by atoms with Crippen LogP contribution in [0, 0.1) is 0 Å². The second-order valence-electron chi connectivity index (χ2n) is 3.88. The normalized spacial score (nSPS) is 10.0. The highest BCUT2D eigenvalue weighted by molar-refractivity contribution is 6.33. The Kier molecular flexibility index (Phi) is 4.34. The number of aromatic carboxylic acids is 1. The summed E-state index contributed by atoms with van der Waals surface area (Å²) < 4.78 is 4.52. The van der Waals surface area contributed by atoms with Gasteiger partial charge in [-0.05, 0) is 24.3 Å². The molecule has 1 aromatic heterocycles. The molecule has 2 N–H and O–H groups in total. The highest BCUT2D eigenvalue weighted by Crippen LogP contribution is 2.23. The Hall–Kier alpha value is -2.67. The van der Waals surface area contributed by atoms with Gasteiger partial charge in [-0.3, -0.25) is 0 Å². The van der Waals surface area contributed by atoms with Crippen molar-refractivity contribution in [2.24, 2.45) is 0 Å². The first-order valence-electron chi connectivity index (χ1n) is 5.72. The Morgan fingerprint density at radius 1 is 1.33 bits per heavy atom.